The van der Waals surface area contributed by atoms with E-state index in [0.717, 1.165) is 23.5 Å². The van der Waals surface area contributed by atoms with Crippen molar-refractivity contribution in [3.05, 3.63) is 52.0 Å². The summed E-state index contributed by atoms with van der Waals surface area (Å²) < 4.78 is 0. The van der Waals surface area contributed by atoms with Gasteiger partial charge in [0.15, 0.2) is 0 Å². The summed E-state index contributed by atoms with van der Waals surface area (Å²) in [5.41, 5.74) is 1.48. The molecule has 0 atom stereocenters. The van der Waals surface area contributed by atoms with Crippen molar-refractivity contribution in [2.75, 3.05) is 6.61 Å². The van der Waals surface area contributed by atoms with Crippen LogP contribution in [0, 0.1) is 0 Å². The number of benzene rings is 1. The number of rotatable bonds is 7. The lowest BCUT2D eigenvalue weighted by Gasteiger charge is -2.27. The van der Waals surface area contributed by atoms with E-state index in [9.17, 15) is 9.90 Å². The number of aliphatic hydroxyl groups is 1. The van der Waals surface area contributed by atoms with Gasteiger partial charge in [-0.1, -0.05) is 31.0 Å². The van der Waals surface area contributed by atoms with Gasteiger partial charge in [0.05, 0.1) is 18.8 Å². The van der Waals surface area contributed by atoms with Gasteiger partial charge in [-0.25, -0.2) is 4.98 Å². The van der Waals surface area contributed by atoms with Crippen LogP contribution in [0.1, 0.15) is 46.7 Å². The Morgan fingerprint density at radius 1 is 1.21 bits per heavy atom. The third-order valence-corrected chi connectivity index (χ3v) is 5.44. The van der Waals surface area contributed by atoms with Crippen molar-refractivity contribution in [1.82, 2.24) is 15.6 Å². The normalized spacial score (nSPS) is 16.2. The zero-order valence-corrected chi connectivity index (χ0v) is 14.4. The molecule has 1 amide bonds. The molecule has 3 rings (SSSR count). The summed E-state index contributed by atoms with van der Waals surface area (Å²) in [6.07, 6.45) is 4.38. The van der Waals surface area contributed by atoms with Crippen LogP contribution in [-0.2, 0) is 13.1 Å². The van der Waals surface area contributed by atoms with E-state index in [-0.39, 0.29) is 18.1 Å². The van der Waals surface area contributed by atoms with Crippen molar-refractivity contribution in [3.63, 3.8) is 0 Å². The first kappa shape index (κ1) is 17.1. The van der Waals surface area contributed by atoms with Crippen molar-refractivity contribution in [3.8, 4) is 0 Å². The minimum atomic E-state index is -0.134. The van der Waals surface area contributed by atoms with E-state index >= 15 is 0 Å². The maximum Gasteiger partial charge on any atom is 0.251 e. The number of amides is 1. The van der Waals surface area contributed by atoms with E-state index in [1.165, 1.54) is 12.8 Å². The lowest BCUT2D eigenvalue weighted by atomic mass is 9.99. The number of nitrogens with one attached hydrogen (secondary N) is 2. The summed E-state index contributed by atoms with van der Waals surface area (Å²) in [5.74, 6) is -0.0873. The van der Waals surface area contributed by atoms with Crippen molar-refractivity contribution in [2.45, 2.75) is 44.3 Å². The molecule has 128 valence electrons. The average Bonchev–Trinajstić information content (AvgIpc) is 3.28. The highest BCUT2D eigenvalue weighted by Gasteiger charge is 2.32. The van der Waals surface area contributed by atoms with Crippen LogP contribution in [0.25, 0.3) is 0 Å². The molecule has 5 nitrogen and oxygen atoms in total. The fourth-order valence-electron chi connectivity index (χ4n) is 3.08. The Labute approximate surface area is 146 Å². The van der Waals surface area contributed by atoms with Gasteiger partial charge in [0, 0.05) is 23.0 Å². The van der Waals surface area contributed by atoms with Crippen molar-refractivity contribution in [1.29, 1.82) is 0 Å². The molecule has 1 heterocycles. The number of nitrogens with zero attached hydrogens (tertiary/aromatic N) is 1. The van der Waals surface area contributed by atoms with Gasteiger partial charge in [0.1, 0.15) is 5.01 Å². The van der Waals surface area contributed by atoms with Crippen molar-refractivity contribution in [2.24, 2.45) is 0 Å². The molecule has 1 aliphatic carbocycles. The summed E-state index contributed by atoms with van der Waals surface area (Å²) >= 11 is 1.55. The second kappa shape index (κ2) is 7.88. The molecule has 6 heteroatoms. The summed E-state index contributed by atoms with van der Waals surface area (Å²) in [7, 11) is 0. The lowest BCUT2D eigenvalue weighted by Crippen LogP contribution is -2.45. The Hall–Kier alpha value is -1.76. The highest BCUT2D eigenvalue weighted by atomic mass is 32.1. The monoisotopic (exact) mass is 345 g/mol. The maximum atomic E-state index is 12.0. The van der Waals surface area contributed by atoms with Crippen LogP contribution in [0.2, 0.25) is 0 Å². The first-order valence-corrected chi connectivity index (χ1v) is 9.21. The molecule has 1 aliphatic rings. The molecular weight excluding hydrogens is 322 g/mol. The predicted molar refractivity (Wildman–Crippen MR) is 94.9 cm³/mol. The Bertz CT molecular complexity index is 666. The quantitative estimate of drug-likeness (QED) is 0.721. The van der Waals surface area contributed by atoms with Gasteiger partial charge in [0.2, 0.25) is 0 Å². The smallest absolute Gasteiger partial charge is 0.251 e. The molecule has 1 aromatic carbocycles. The van der Waals surface area contributed by atoms with E-state index in [2.05, 4.69) is 15.6 Å². The van der Waals surface area contributed by atoms with Crippen LogP contribution < -0.4 is 10.6 Å². The number of aliphatic hydroxyl groups excluding tert-OH is 1. The summed E-state index contributed by atoms with van der Waals surface area (Å²) in [6.45, 7) is 1.27. The molecule has 0 aliphatic heterocycles. The number of hydrogen-bond donors (Lipinski definition) is 3. The first-order chi connectivity index (χ1) is 11.7. The van der Waals surface area contributed by atoms with Crippen LogP contribution in [0.5, 0.6) is 0 Å². The second-order valence-corrected chi connectivity index (χ2v) is 7.22. The molecule has 2 aromatic rings. The van der Waals surface area contributed by atoms with Crippen LogP contribution in [0.15, 0.2) is 35.7 Å². The number of carbonyl (C=O) groups is 1. The molecule has 0 unspecified atom stereocenters. The molecule has 1 saturated carbocycles. The predicted octanol–water partition coefficient (Wildman–Crippen LogP) is 2.47. The van der Waals surface area contributed by atoms with Crippen molar-refractivity contribution < 1.29 is 9.90 Å². The summed E-state index contributed by atoms with van der Waals surface area (Å²) in [6, 6.07) is 9.18. The molecule has 3 N–H and O–H groups in total. The van der Waals surface area contributed by atoms with Crippen molar-refractivity contribution >= 4 is 17.2 Å². The van der Waals surface area contributed by atoms with Gasteiger partial charge in [-0.3, -0.25) is 4.79 Å². The van der Waals surface area contributed by atoms with Gasteiger partial charge < -0.3 is 15.7 Å². The molecule has 1 aromatic heterocycles. The lowest BCUT2D eigenvalue weighted by molar-refractivity contribution is 0.0951. The Morgan fingerprint density at radius 3 is 2.67 bits per heavy atom. The topological polar surface area (TPSA) is 74.2 Å². The largest absolute Gasteiger partial charge is 0.394 e. The van der Waals surface area contributed by atoms with Gasteiger partial charge in [-0.05, 0) is 25.0 Å². The highest BCUT2D eigenvalue weighted by Crippen LogP contribution is 2.29. The Morgan fingerprint density at radius 2 is 1.96 bits per heavy atom. The Kier molecular flexibility index (Phi) is 5.60. The minimum absolute atomic E-state index is 0.0873. The minimum Gasteiger partial charge on any atom is -0.394 e. The van der Waals surface area contributed by atoms with Crippen LogP contribution in [0.4, 0.5) is 0 Å². The molecular formula is C18H23N3O2S. The molecule has 24 heavy (non-hydrogen) atoms. The van der Waals surface area contributed by atoms with Gasteiger partial charge in [0.25, 0.3) is 5.91 Å². The number of hydrogen-bond acceptors (Lipinski definition) is 5. The fourth-order valence-corrected chi connectivity index (χ4v) is 3.81. The van der Waals surface area contributed by atoms with E-state index in [1.807, 2.05) is 23.6 Å². The Balaban J connectivity index is 1.49. The third-order valence-electron chi connectivity index (χ3n) is 4.54. The number of carbonyl (C=O) groups excluding carboxylic acids is 1. The van der Waals surface area contributed by atoms with E-state index in [0.29, 0.717) is 18.7 Å². The summed E-state index contributed by atoms with van der Waals surface area (Å²) in [4.78, 5) is 16.6. The van der Waals surface area contributed by atoms with E-state index in [4.69, 9.17) is 0 Å². The van der Waals surface area contributed by atoms with Crippen LogP contribution >= 0.6 is 11.3 Å². The van der Waals surface area contributed by atoms with Crippen LogP contribution in [0.3, 0.4) is 0 Å². The zero-order chi connectivity index (χ0) is 16.8. The molecule has 0 spiro atoms. The van der Waals surface area contributed by atoms with Gasteiger partial charge in [-0.15, -0.1) is 11.3 Å². The average molecular weight is 345 g/mol. The number of thiazole rings is 1. The third kappa shape index (κ3) is 4.20. The standard InChI is InChI=1S/C18H23N3O2S/c22-13-18(8-4-5-9-18)20-10-15-12-24-16(21-15)11-19-17(23)14-6-2-1-3-7-14/h1-3,6-7,12,20,22H,4-5,8-11,13H2,(H,19,23). The fraction of sp³-hybridized carbons (Fsp3) is 0.444. The SMILES string of the molecule is O=C(NCc1nc(CNC2(CO)CCCC2)cs1)c1ccccc1. The molecule has 0 bridgehead atoms. The molecule has 0 radical (unpaired) electrons. The maximum absolute atomic E-state index is 12.0. The molecule has 0 saturated heterocycles. The summed E-state index contributed by atoms with van der Waals surface area (Å²) in [5, 5.41) is 18.9. The van der Waals surface area contributed by atoms with E-state index in [1.54, 1.807) is 23.5 Å². The number of aromatic nitrogens is 1. The van der Waals surface area contributed by atoms with Gasteiger partial charge in [-0.2, -0.15) is 0 Å². The molecule has 1 fully saturated rings. The van der Waals surface area contributed by atoms with E-state index < -0.39 is 0 Å². The van der Waals surface area contributed by atoms with Crippen LogP contribution in [-0.4, -0.2) is 28.1 Å². The first-order valence-electron chi connectivity index (χ1n) is 8.33. The second-order valence-electron chi connectivity index (χ2n) is 6.28. The highest BCUT2D eigenvalue weighted by molar-refractivity contribution is 7.09. The zero-order valence-electron chi connectivity index (χ0n) is 13.6. The van der Waals surface area contributed by atoms with Gasteiger partial charge >= 0.3 is 0 Å².